The van der Waals surface area contributed by atoms with Gasteiger partial charge in [-0.3, -0.25) is 0 Å². The zero-order chi connectivity index (χ0) is 13.8. The first-order chi connectivity index (χ1) is 9.85. The van der Waals surface area contributed by atoms with Crippen molar-refractivity contribution < 1.29 is 4.74 Å². The van der Waals surface area contributed by atoms with Crippen LogP contribution in [0.1, 0.15) is 10.6 Å². The van der Waals surface area contributed by atoms with Crippen LogP contribution in [0, 0.1) is 0 Å². The molecule has 0 aliphatic rings. The van der Waals surface area contributed by atoms with Gasteiger partial charge in [0.1, 0.15) is 5.75 Å². The van der Waals surface area contributed by atoms with E-state index in [1.165, 1.54) is 11.1 Å². The molecular formula is C17H15NOS. The van der Waals surface area contributed by atoms with Gasteiger partial charge in [0.2, 0.25) is 0 Å². The summed E-state index contributed by atoms with van der Waals surface area (Å²) in [6.07, 6.45) is 0.842. The molecule has 1 heterocycles. The zero-order valence-corrected chi connectivity index (χ0v) is 12.1. The first-order valence-corrected chi connectivity index (χ1v) is 7.36. The lowest BCUT2D eigenvalue weighted by atomic mass is 10.1. The molecule has 0 unspecified atom stereocenters. The van der Waals surface area contributed by atoms with E-state index in [1.807, 2.05) is 30.3 Å². The molecule has 0 aliphatic carbocycles. The fourth-order valence-corrected chi connectivity index (χ4v) is 2.93. The molecule has 0 saturated heterocycles. The van der Waals surface area contributed by atoms with Gasteiger partial charge in [0.05, 0.1) is 17.8 Å². The predicted octanol–water partition coefficient (Wildman–Crippen LogP) is 4.41. The van der Waals surface area contributed by atoms with Gasteiger partial charge in [-0.05, 0) is 17.7 Å². The molecule has 0 N–H and O–H groups in total. The Hall–Kier alpha value is -2.13. The highest BCUT2D eigenvalue weighted by atomic mass is 32.1. The van der Waals surface area contributed by atoms with Crippen LogP contribution < -0.4 is 4.74 Å². The smallest absolute Gasteiger partial charge is 0.119 e. The molecule has 3 rings (SSSR count). The minimum atomic E-state index is 0.842. The van der Waals surface area contributed by atoms with Gasteiger partial charge in [-0.1, -0.05) is 42.5 Å². The van der Waals surface area contributed by atoms with E-state index in [9.17, 15) is 0 Å². The summed E-state index contributed by atoms with van der Waals surface area (Å²) in [5, 5.41) is 3.24. The van der Waals surface area contributed by atoms with Crippen molar-refractivity contribution >= 4 is 11.3 Å². The van der Waals surface area contributed by atoms with Crippen molar-refractivity contribution in [2.75, 3.05) is 7.11 Å². The number of nitrogens with zero attached hydrogens (tertiary/aromatic N) is 1. The van der Waals surface area contributed by atoms with E-state index in [-0.39, 0.29) is 0 Å². The molecule has 0 spiro atoms. The van der Waals surface area contributed by atoms with E-state index in [0.717, 1.165) is 22.9 Å². The van der Waals surface area contributed by atoms with Crippen LogP contribution in [0.15, 0.2) is 60.0 Å². The lowest BCUT2D eigenvalue weighted by Gasteiger charge is -2.02. The normalized spacial score (nSPS) is 10.4. The standard InChI is InChI=1S/C17H15NOS/c1-19-15-9-5-6-13(10-15)11-17-18-16(12-20-17)14-7-3-2-4-8-14/h2-10,12H,11H2,1H3. The second-order valence-electron chi connectivity index (χ2n) is 4.52. The van der Waals surface area contributed by atoms with Crippen LogP contribution in [0.5, 0.6) is 5.75 Å². The Bertz CT molecular complexity index is 691. The number of hydrogen-bond acceptors (Lipinski definition) is 3. The number of hydrogen-bond donors (Lipinski definition) is 0. The third-order valence-corrected chi connectivity index (χ3v) is 3.96. The van der Waals surface area contributed by atoms with Gasteiger partial charge in [0.25, 0.3) is 0 Å². The van der Waals surface area contributed by atoms with Gasteiger partial charge in [0, 0.05) is 17.4 Å². The Morgan fingerprint density at radius 3 is 2.70 bits per heavy atom. The van der Waals surface area contributed by atoms with E-state index >= 15 is 0 Å². The largest absolute Gasteiger partial charge is 0.497 e. The second-order valence-corrected chi connectivity index (χ2v) is 5.46. The molecule has 0 saturated carbocycles. The van der Waals surface area contributed by atoms with Gasteiger partial charge in [-0.25, -0.2) is 4.98 Å². The molecule has 0 radical (unpaired) electrons. The maximum absolute atomic E-state index is 5.25. The fourth-order valence-electron chi connectivity index (χ4n) is 2.09. The van der Waals surface area contributed by atoms with Gasteiger partial charge >= 0.3 is 0 Å². The summed E-state index contributed by atoms with van der Waals surface area (Å²) >= 11 is 1.70. The van der Waals surface area contributed by atoms with Crippen LogP contribution in [0.3, 0.4) is 0 Å². The van der Waals surface area contributed by atoms with Crippen LogP contribution in [-0.2, 0) is 6.42 Å². The highest BCUT2D eigenvalue weighted by molar-refractivity contribution is 7.10. The van der Waals surface area contributed by atoms with Crippen LogP contribution in [-0.4, -0.2) is 12.1 Å². The lowest BCUT2D eigenvalue weighted by Crippen LogP contribution is -1.89. The number of ether oxygens (including phenoxy) is 1. The highest BCUT2D eigenvalue weighted by Crippen LogP contribution is 2.24. The minimum Gasteiger partial charge on any atom is -0.497 e. The lowest BCUT2D eigenvalue weighted by molar-refractivity contribution is 0.414. The summed E-state index contributed by atoms with van der Waals surface area (Å²) in [4.78, 5) is 4.71. The Morgan fingerprint density at radius 2 is 1.90 bits per heavy atom. The zero-order valence-electron chi connectivity index (χ0n) is 11.2. The maximum Gasteiger partial charge on any atom is 0.119 e. The van der Waals surface area contributed by atoms with E-state index in [4.69, 9.17) is 9.72 Å². The van der Waals surface area contributed by atoms with Crippen LogP contribution >= 0.6 is 11.3 Å². The monoisotopic (exact) mass is 281 g/mol. The third kappa shape index (κ3) is 2.89. The fraction of sp³-hybridized carbons (Fsp3) is 0.118. The number of aromatic nitrogens is 1. The molecule has 2 nitrogen and oxygen atoms in total. The van der Waals surface area contributed by atoms with Crippen LogP contribution in [0.4, 0.5) is 0 Å². The Kier molecular flexibility index (Phi) is 3.79. The highest BCUT2D eigenvalue weighted by Gasteiger charge is 2.05. The van der Waals surface area contributed by atoms with E-state index < -0.39 is 0 Å². The van der Waals surface area contributed by atoms with Gasteiger partial charge in [-0.2, -0.15) is 0 Å². The van der Waals surface area contributed by atoms with E-state index in [1.54, 1.807) is 18.4 Å². The second kappa shape index (κ2) is 5.88. The van der Waals surface area contributed by atoms with Gasteiger partial charge < -0.3 is 4.74 Å². The molecule has 20 heavy (non-hydrogen) atoms. The van der Waals surface area contributed by atoms with E-state index in [2.05, 4.69) is 29.6 Å². The van der Waals surface area contributed by atoms with Crippen molar-refractivity contribution in [1.82, 2.24) is 4.98 Å². The molecule has 0 aliphatic heterocycles. The molecule has 2 aromatic carbocycles. The number of benzene rings is 2. The third-order valence-electron chi connectivity index (χ3n) is 3.11. The number of thiazole rings is 1. The summed E-state index contributed by atoms with van der Waals surface area (Å²) in [6.45, 7) is 0. The molecule has 0 atom stereocenters. The van der Waals surface area contributed by atoms with Crippen molar-refractivity contribution in [3.05, 3.63) is 70.5 Å². The molecule has 3 aromatic rings. The van der Waals surface area contributed by atoms with Crippen LogP contribution in [0.25, 0.3) is 11.3 Å². The molecule has 0 amide bonds. The van der Waals surface area contributed by atoms with Gasteiger partial charge in [-0.15, -0.1) is 11.3 Å². The minimum absolute atomic E-state index is 0.842. The quantitative estimate of drug-likeness (QED) is 0.706. The molecule has 1 aromatic heterocycles. The summed E-state index contributed by atoms with van der Waals surface area (Å²) < 4.78 is 5.25. The molecule has 0 fully saturated rings. The number of rotatable bonds is 4. The maximum atomic E-state index is 5.25. The molecular weight excluding hydrogens is 266 g/mol. The average molecular weight is 281 g/mol. The van der Waals surface area contributed by atoms with Crippen molar-refractivity contribution in [2.24, 2.45) is 0 Å². The van der Waals surface area contributed by atoms with Crippen molar-refractivity contribution in [3.63, 3.8) is 0 Å². The summed E-state index contributed by atoms with van der Waals surface area (Å²) in [6, 6.07) is 18.4. The molecule has 3 heteroatoms. The first kappa shape index (κ1) is 12.9. The molecule has 0 bridgehead atoms. The van der Waals surface area contributed by atoms with Crippen molar-refractivity contribution in [3.8, 4) is 17.0 Å². The Balaban J connectivity index is 1.80. The Labute approximate surface area is 122 Å². The number of methoxy groups -OCH3 is 1. The molecule has 100 valence electrons. The average Bonchev–Trinajstić information content (AvgIpc) is 2.97. The summed E-state index contributed by atoms with van der Waals surface area (Å²) in [5.74, 6) is 0.891. The van der Waals surface area contributed by atoms with Crippen LogP contribution in [0.2, 0.25) is 0 Å². The topological polar surface area (TPSA) is 22.1 Å². The first-order valence-electron chi connectivity index (χ1n) is 6.48. The summed E-state index contributed by atoms with van der Waals surface area (Å²) in [7, 11) is 1.69. The summed E-state index contributed by atoms with van der Waals surface area (Å²) in [5.41, 5.74) is 3.44. The SMILES string of the molecule is COc1cccc(Cc2nc(-c3ccccc3)cs2)c1. The van der Waals surface area contributed by atoms with Crippen molar-refractivity contribution in [2.45, 2.75) is 6.42 Å². The Morgan fingerprint density at radius 1 is 1.05 bits per heavy atom. The predicted molar refractivity (Wildman–Crippen MR) is 83.4 cm³/mol. The van der Waals surface area contributed by atoms with E-state index in [0.29, 0.717) is 0 Å². The van der Waals surface area contributed by atoms with Gasteiger partial charge in [0.15, 0.2) is 0 Å². The van der Waals surface area contributed by atoms with Crippen molar-refractivity contribution in [1.29, 1.82) is 0 Å².